The molecule has 1 unspecified atom stereocenters. The summed E-state index contributed by atoms with van der Waals surface area (Å²) in [5.41, 5.74) is 0. The van der Waals surface area contributed by atoms with Crippen LogP contribution in [-0.2, 0) is 4.79 Å². The zero-order valence-electron chi connectivity index (χ0n) is 5.22. The summed E-state index contributed by atoms with van der Waals surface area (Å²) >= 11 is 0. The number of carbonyl (C=O) groups is 1. The Labute approximate surface area is 52.9 Å². The van der Waals surface area contributed by atoms with Gasteiger partial charge in [-0.1, -0.05) is 6.92 Å². The molecule has 1 amide bonds. The van der Waals surface area contributed by atoms with Crippen molar-refractivity contribution in [2.24, 2.45) is 0 Å². The zero-order chi connectivity index (χ0) is 7.28. The highest BCUT2D eigenvalue weighted by Gasteiger charge is 2.03. The lowest BCUT2D eigenvalue weighted by Crippen LogP contribution is -2.34. The molecule has 54 valence electrons. The van der Waals surface area contributed by atoms with E-state index in [0.717, 1.165) is 0 Å². The molecule has 1 atom stereocenters. The number of nitrogens with one attached hydrogen (secondary N) is 1. The van der Waals surface area contributed by atoms with E-state index in [2.05, 4.69) is 0 Å². The first-order valence-electron chi connectivity index (χ1n) is 2.74. The van der Waals surface area contributed by atoms with Crippen molar-refractivity contribution in [2.75, 3.05) is 6.67 Å². The maximum atomic E-state index is 11.4. The third kappa shape index (κ3) is 3.90. The van der Waals surface area contributed by atoms with Crippen molar-refractivity contribution in [3.05, 3.63) is 0 Å². The molecule has 0 rings (SSSR count). The minimum atomic E-state index is -1.07. The van der Waals surface area contributed by atoms with Gasteiger partial charge in [-0.15, -0.1) is 0 Å². The number of rotatable bonds is 3. The van der Waals surface area contributed by atoms with E-state index in [1.807, 2.05) is 5.32 Å². The smallest absolute Gasteiger partial charge is 0.253 e. The third-order valence-corrected chi connectivity index (χ3v) is 0.836. The molecule has 0 heterocycles. The van der Waals surface area contributed by atoms with E-state index in [4.69, 9.17) is 5.11 Å². The molecule has 0 aromatic heterocycles. The average molecular weight is 135 g/mol. The van der Waals surface area contributed by atoms with Gasteiger partial charge < -0.3 is 10.4 Å². The Morgan fingerprint density at radius 3 is 2.78 bits per heavy atom. The molecule has 0 aromatic carbocycles. The van der Waals surface area contributed by atoms with Gasteiger partial charge in [0.05, 0.1) is 0 Å². The summed E-state index contributed by atoms with van der Waals surface area (Å²) in [6.07, 6.45) is -0.514. The average Bonchev–Trinajstić information content (AvgIpc) is 1.87. The summed E-state index contributed by atoms with van der Waals surface area (Å²) in [6.45, 7) is 0.611. The van der Waals surface area contributed by atoms with Crippen LogP contribution in [0.1, 0.15) is 13.3 Å². The molecule has 0 bridgehead atoms. The molecule has 2 N–H and O–H groups in total. The number of amides is 1. The lowest BCUT2D eigenvalue weighted by Gasteiger charge is -2.06. The van der Waals surface area contributed by atoms with E-state index in [1.54, 1.807) is 6.92 Å². The molecule has 9 heavy (non-hydrogen) atoms. The summed E-state index contributed by atoms with van der Waals surface area (Å²) in [5, 5.41) is 10.7. The summed E-state index contributed by atoms with van der Waals surface area (Å²) in [5.74, 6) is -0.774. The minimum Gasteiger partial charge on any atom is -0.374 e. The number of aliphatic hydroxyl groups excluding tert-OH is 1. The predicted octanol–water partition coefficient (Wildman–Crippen LogP) is -0.199. The first-order chi connectivity index (χ1) is 4.20. The Bertz CT molecular complexity index is 97.0. The van der Waals surface area contributed by atoms with E-state index in [0.29, 0.717) is 6.42 Å². The lowest BCUT2D eigenvalue weighted by molar-refractivity contribution is -0.124. The standard InChI is InChI=1S/C5H10FNO2/c1-2-4(8)7-5(9)3-6/h4,8H,2-3H2,1H3,(H,7,9). The topological polar surface area (TPSA) is 49.3 Å². The molecule has 0 saturated carbocycles. The van der Waals surface area contributed by atoms with E-state index in [-0.39, 0.29) is 0 Å². The monoisotopic (exact) mass is 135 g/mol. The van der Waals surface area contributed by atoms with Crippen molar-refractivity contribution in [1.29, 1.82) is 0 Å². The van der Waals surface area contributed by atoms with Gasteiger partial charge >= 0.3 is 0 Å². The minimum absolute atomic E-state index is 0.395. The second-order valence-corrected chi connectivity index (χ2v) is 1.63. The lowest BCUT2D eigenvalue weighted by atomic mass is 10.4. The Morgan fingerprint density at radius 2 is 2.44 bits per heavy atom. The quantitative estimate of drug-likeness (QED) is 0.526. The first kappa shape index (κ1) is 8.36. The zero-order valence-corrected chi connectivity index (χ0v) is 5.22. The molecular weight excluding hydrogens is 125 g/mol. The van der Waals surface area contributed by atoms with Gasteiger partial charge in [-0.05, 0) is 6.42 Å². The highest BCUT2D eigenvalue weighted by atomic mass is 19.1. The molecule has 0 spiro atoms. The molecule has 0 saturated heterocycles. The van der Waals surface area contributed by atoms with Gasteiger partial charge in [0.2, 0.25) is 0 Å². The highest BCUT2D eigenvalue weighted by Crippen LogP contribution is 1.82. The van der Waals surface area contributed by atoms with Crippen molar-refractivity contribution in [1.82, 2.24) is 5.32 Å². The van der Waals surface area contributed by atoms with Crippen molar-refractivity contribution in [3.63, 3.8) is 0 Å². The van der Waals surface area contributed by atoms with Crippen LogP contribution in [0, 0.1) is 0 Å². The molecule has 0 aliphatic rings. The van der Waals surface area contributed by atoms with E-state index in [1.165, 1.54) is 0 Å². The fourth-order valence-electron chi connectivity index (χ4n) is 0.326. The van der Waals surface area contributed by atoms with Gasteiger partial charge in [-0.2, -0.15) is 0 Å². The van der Waals surface area contributed by atoms with Crippen molar-refractivity contribution >= 4 is 5.91 Å². The number of alkyl halides is 1. The summed E-state index contributed by atoms with van der Waals surface area (Å²) < 4.78 is 11.4. The highest BCUT2D eigenvalue weighted by molar-refractivity contribution is 5.77. The van der Waals surface area contributed by atoms with Crippen LogP contribution in [0.2, 0.25) is 0 Å². The molecule has 0 radical (unpaired) electrons. The maximum absolute atomic E-state index is 11.4. The van der Waals surface area contributed by atoms with E-state index >= 15 is 0 Å². The number of hydrogen-bond acceptors (Lipinski definition) is 2. The van der Waals surface area contributed by atoms with Crippen molar-refractivity contribution < 1.29 is 14.3 Å². The van der Waals surface area contributed by atoms with Gasteiger partial charge in [0.25, 0.3) is 5.91 Å². The van der Waals surface area contributed by atoms with Gasteiger partial charge in [-0.25, -0.2) is 4.39 Å². The Hall–Kier alpha value is -0.640. The summed E-state index contributed by atoms with van der Waals surface area (Å²) in [7, 11) is 0. The van der Waals surface area contributed by atoms with Crippen LogP contribution in [0.5, 0.6) is 0 Å². The Balaban J connectivity index is 3.34. The Morgan fingerprint density at radius 1 is 1.89 bits per heavy atom. The van der Waals surface area contributed by atoms with Gasteiger partial charge in [0.1, 0.15) is 6.23 Å². The third-order valence-electron chi connectivity index (χ3n) is 0.836. The van der Waals surface area contributed by atoms with Crippen LogP contribution in [0.4, 0.5) is 4.39 Å². The van der Waals surface area contributed by atoms with E-state index in [9.17, 15) is 9.18 Å². The summed E-state index contributed by atoms with van der Waals surface area (Å²) in [4.78, 5) is 10.1. The molecule has 0 aliphatic heterocycles. The van der Waals surface area contributed by atoms with Crippen LogP contribution in [-0.4, -0.2) is 23.9 Å². The van der Waals surface area contributed by atoms with Crippen LogP contribution < -0.4 is 5.32 Å². The second kappa shape index (κ2) is 4.26. The Kier molecular flexibility index (Phi) is 3.96. The molecule has 0 aliphatic carbocycles. The fraction of sp³-hybridized carbons (Fsp3) is 0.800. The van der Waals surface area contributed by atoms with Gasteiger partial charge in [0.15, 0.2) is 6.67 Å². The normalized spacial score (nSPS) is 12.8. The molecule has 4 heteroatoms. The van der Waals surface area contributed by atoms with Crippen LogP contribution in [0.15, 0.2) is 0 Å². The van der Waals surface area contributed by atoms with Crippen LogP contribution >= 0.6 is 0 Å². The van der Waals surface area contributed by atoms with Crippen molar-refractivity contribution in [3.8, 4) is 0 Å². The first-order valence-corrected chi connectivity index (χ1v) is 2.74. The van der Waals surface area contributed by atoms with Crippen LogP contribution in [0.25, 0.3) is 0 Å². The number of carbonyl (C=O) groups excluding carboxylic acids is 1. The van der Waals surface area contributed by atoms with Crippen LogP contribution in [0.3, 0.4) is 0 Å². The fourth-order valence-corrected chi connectivity index (χ4v) is 0.326. The second-order valence-electron chi connectivity index (χ2n) is 1.63. The van der Waals surface area contributed by atoms with Gasteiger partial charge in [-0.3, -0.25) is 4.79 Å². The molecule has 0 fully saturated rings. The molecule has 0 aromatic rings. The predicted molar refractivity (Wildman–Crippen MR) is 30.4 cm³/mol. The maximum Gasteiger partial charge on any atom is 0.253 e. The SMILES string of the molecule is CCC(O)NC(=O)CF. The van der Waals surface area contributed by atoms with Gasteiger partial charge in [0, 0.05) is 0 Å². The molecular formula is C5H10FNO2. The summed E-state index contributed by atoms with van der Waals surface area (Å²) in [6, 6.07) is 0. The largest absolute Gasteiger partial charge is 0.374 e. The number of hydrogen-bond donors (Lipinski definition) is 2. The van der Waals surface area contributed by atoms with E-state index < -0.39 is 18.8 Å². The van der Waals surface area contributed by atoms with Crippen molar-refractivity contribution in [2.45, 2.75) is 19.6 Å². The molecule has 3 nitrogen and oxygen atoms in total. The number of halogens is 1. The number of aliphatic hydroxyl groups is 1.